The van der Waals surface area contributed by atoms with Gasteiger partial charge in [0.2, 0.25) is 5.90 Å². The Morgan fingerprint density at radius 2 is 2.07 bits per heavy atom. The molecule has 1 aliphatic rings. The summed E-state index contributed by atoms with van der Waals surface area (Å²) in [4.78, 5) is 4.25. The Morgan fingerprint density at radius 3 is 2.89 bits per heavy atom. The summed E-state index contributed by atoms with van der Waals surface area (Å²) in [6.07, 6.45) is 1.05. The van der Waals surface area contributed by atoms with Gasteiger partial charge in [-0.25, -0.2) is 4.39 Å². The molecule has 0 fully saturated rings. The van der Waals surface area contributed by atoms with E-state index in [4.69, 9.17) is 9.47 Å². The summed E-state index contributed by atoms with van der Waals surface area (Å²) >= 11 is 0. The van der Waals surface area contributed by atoms with E-state index in [9.17, 15) is 4.39 Å². The third kappa shape index (κ3) is 5.62. The van der Waals surface area contributed by atoms with E-state index in [1.54, 1.807) is 18.2 Å². The third-order valence-electron chi connectivity index (χ3n) is 4.02. The molecule has 5 nitrogen and oxygen atoms in total. The van der Waals surface area contributed by atoms with E-state index in [1.165, 1.54) is 6.07 Å². The summed E-state index contributed by atoms with van der Waals surface area (Å²) in [6, 6.07) is 14.2. The highest BCUT2D eigenvalue weighted by Crippen LogP contribution is 2.15. The predicted octanol–water partition coefficient (Wildman–Crippen LogP) is 4.59. The van der Waals surface area contributed by atoms with Crippen molar-refractivity contribution in [1.82, 2.24) is 0 Å². The first-order valence-electron chi connectivity index (χ1n) is 9.07. The van der Waals surface area contributed by atoms with Gasteiger partial charge in [-0.05, 0) is 42.2 Å². The van der Waals surface area contributed by atoms with Gasteiger partial charge < -0.3 is 9.47 Å². The molecule has 1 aliphatic heterocycles. The Bertz CT molecular complexity index is 834. The number of benzene rings is 2. The van der Waals surface area contributed by atoms with Crippen LogP contribution in [0, 0.1) is 11.7 Å². The van der Waals surface area contributed by atoms with E-state index in [1.807, 2.05) is 24.3 Å². The van der Waals surface area contributed by atoms with Crippen molar-refractivity contribution in [1.29, 1.82) is 0 Å². The number of hydrazone groups is 1. The van der Waals surface area contributed by atoms with Gasteiger partial charge in [-0.2, -0.15) is 10.1 Å². The van der Waals surface area contributed by atoms with Gasteiger partial charge in [0, 0.05) is 6.61 Å². The molecule has 1 heterocycles. The minimum atomic E-state index is -0.365. The van der Waals surface area contributed by atoms with Crippen molar-refractivity contribution in [2.75, 3.05) is 18.6 Å². The van der Waals surface area contributed by atoms with Crippen LogP contribution in [0.2, 0.25) is 0 Å². The number of anilines is 1. The van der Waals surface area contributed by atoms with E-state index in [0.29, 0.717) is 23.9 Å². The van der Waals surface area contributed by atoms with Crippen LogP contribution in [0.4, 0.5) is 10.1 Å². The third-order valence-corrected chi connectivity index (χ3v) is 4.02. The van der Waals surface area contributed by atoms with Gasteiger partial charge >= 0.3 is 0 Å². The first-order chi connectivity index (χ1) is 13.1. The molecule has 0 radical (unpaired) electrons. The van der Waals surface area contributed by atoms with Crippen molar-refractivity contribution < 1.29 is 13.9 Å². The highest BCUT2D eigenvalue weighted by molar-refractivity contribution is 6.08. The fourth-order valence-corrected chi connectivity index (χ4v) is 2.51. The maximum atomic E-state index is 13.8. The molecule has 0 spiro atoms. The van der Waals surface area contributed by atoms with Gasteiger partial charge in [0.05, 0.1) is 17.9 Å². The Morgan fingerprint density at radius 1 is 1.22 bits per heavy atom. The van der Waals surface area contributed by atoms with Crippen molar-refractivity contribution in [2.24, 2.45) is 16.0 Å². The first kappa shape index (κ1) is 19.0. The number of ether oxygens (including phenoxy) is 2. The standard InChI is InChI=1S/C21H24FN3O2/c1-15(2)10-11-26-13-16-6-5-7-17(12-16)24-25-20-14-27-21(23-20)18-8-3-4-9-19(18)22/h3-9,12,15,24H,10-11,13-14H2,1-2H3. The highest BCUT2D eigenvalue weighted by atomic mass is 19.1. The van der Waals surface area contributed by atoms with Gasteiger partial charge in [-0.15, -0.1) is 0 Å². The minimum absolute atomic E-state index is 0.203. The monoisotopic (exact) mass is 369 g/mol. The molecule has 0 aliphatic carbocycles. The van der Waals surface area contributed by atoms with E-state index in [-0.39, 0.29) is 18.3 Å². The van der Waals surface area contributed by atoms with Gasteiger partial charge in [0.25, 0.3) is 0 Å². The largest absolute Gasteiger partial charge is 0.469 e. The van der Waals surface area contributed by atoms with E-state index in [0.717, 1.165) is 24.3 Å². The molecule has 0 unspecified atom stereocenters. The summed E-state index contributed by atoms with van der Waals surface area (Å²) in [7, 11) is 0. The second-order valence-corrected chi connectivity index (χ2v) is 6.76. The second kappa shape index (κ2) is 9.28. The number of hydrogen-bond acceptors (Lipinski definition) is 4. The van der Waals surface area contributed by atoms with Crippen LogP contribution >= 0.6 is 0 Å². The average Bonchev–Trinajstić information content (AvgIpc) is 3.13. The van der Waals surface area contributed by atoms with E-state index >= 15 is 0 Å². The molecule has 142 valence electrons. The lowest BCUT2D eigenvalue weighted by Crippen LogP contribution is -2.04. The summed E-state index contributed by atoms with van der Waals surface area (Å²) in [5.74, 6) is 0.987. The molecule has 0 amide bonds. The van der Waals surface area contributed by atoms with Gasteiger partial charge in [-0.1, -0.05) is 38.1 Å². The van der Waals surface area contributed by atoms with Crippen LogP contribution in [0.15, 0.2) is 58.6 Å². The number of nitrogens with zero attached hydrogens (tertiary/aromatic N) is 2. The number of hydrogen-bond donors (Lipinski definition) is 1. The smallest absolute Gasteiger partial charge is 0.226 e. The highest BCUT2D eigenvalue weighted by Gasteiger charge is 2.18. The second-order valence-electron chi connectivity index (χ2n) is 6.76. The molecule has 2 aromatic rings. The fourth-order valence-electron chi connectivity index (χ4n) is 2.51. The Labute approximate surface area is 158 Å². The first-order valence-corrected chi connectivity index (χ1v) is 9.07. The van der Waals surface area contributed by atoms with Crippen LogP contribution in [-0.2, 0) is 16.1 Å². The molecule has 3 rings (SSSR count). The number of nitrogens with one attached hydrogen (secondary N) is 1. The molecule has 0 aromatic heterocycles. The van der Waals surface area contributed by atoms with E-state index < -0.39 is 0 Å². The molecule has 0 bridgehead atoms. The molecule has 1 N–H and O–H groups in total. The lowest BCUT2D eigenvalue weighted by Gasteiger charge is -2.08. The van der Waals surface area contributed by atoms with Crippen molar-refractivity contribution in [3.05, 3.63) is 65.5 Å². The van der Waals surface area contributed by atoms with Crippen molar-refractivity contribution in [2.45, 2.75) is 26.9 Å². The lowest BCUT2D eigenvalue weighted by atomic mass is 10.1. The summed E-state index contributed by atoms with van der Waals surface area (Å²) in [5.41, 5.74) is 5.22. The molecular weight excluding hydrogens is 345 g/mol. The Kier molecular flexibility index (Phi) is 6.54. The van der Waals surface area contributed by atoms with E-state index in [2.05, 4.69) is 29.4 Å². The zero-order chi connectivity index (χ0) is 19.1. The lowest BCUT2D eigenvalue weighted by molar-refractivity contribution is 0.111. The van der Waals surface area contributed by atoms with Crippen LogP contribution in [0.1, 0.15) is 31.4 Å². The zero-order valence-electron chi connectivity index (χ0n) is 15.6. The summed E-state index contributed by atoms with van der Waals surface area (Å²) in [6.45, 7) is 5.88. The Hall–Kier alpha value is -2.73. The maximum Gasteiger partial charge on any atom is 0.226 e. The summed E-state index contributed by atoms with van der Waals surface area (Å²) in [5, 5.41) is 4.25. The van der Waals surface area contributed by atoms with Gasteiger partial charge in [-0.3, -0.25) is 5.43 Å². The van der Waals surface area contributed by atoms with Crippen LogP contribution < -0.4 is 5.43 Å². The number of rotatable bonds is 8. The molecule has 27 heavy (non-hydrogen) atoms. The number of halogens is 1. The van der Waals surface area contributed by atoms with Crippen LogP contribution in [-0.4, -0.2) is 24.9 Å². The number of aliphatic imine (C=N–C) groups is 1. The SMILES string of the molecule is CC(C)CCOCc1cccc(NN=C2COC(c3ccccc3F)=N2)c1. The zero-order valence-corrected chi connectivity index (χ0v) is 15.6. The topological polar surface area (TPSA) is 55.2 Å². The van der Waals surface area contributed by atoms with Gasteiger partial charge in [0.1, 0.15) is 5.82 Å². The average molecular weight is 369 g/mol. The number of amidine groups is 1. The normalized spacial score (nSPS) is 15.1. The molecule has 0 saturated heterocycles. The summed E-state index contributed by atoms with van der Waals surface area (Å²) < 4.78 is 25.0. The molecule has 0 saturated carbocycles. The minimum Gasteiger partial charge on any atom is -0.469 e. The Balaban J connectivity index is 1.58. The molecule has 2 aromatic carbocycles. The predicted molar refractivity (Wildman–Crippen MR) is 105 cm³/mol. The molecular formula is C21H24FN3O2. The van der Waals surface area contributed by atoms with Crippen molar-refractivity contribution in [3.8, 4) is 0 Å². The van der Waals surface area contributed by atoms with Crippen molar-refractivity contribution >= 4 is 17.4 Å². The van der Waals surface area contributed by atoms with Crippen LogP contribution in [0.3, 0.4) is 0 Å². The van der Waals surface area contributed by atoms with Crippen LogP contribution in [0.25, 0.3) is 0 Å². The quantitative estimate of drug-likeness (QED) is 0.547. The molecule has 0 atom stereocenters. The fraction of sp³-hybridized carbons (Fsp3) is 0.333. The molecule has 6 heteroatoms. The maximum absolute atomic E-state index is 13.8. The van der Waals surface area contributed by atoms with Crippen LogP contribution in [0.5, 0.6) is 0 Å². The van der Waals surface area contributed by atoms with Crippen molar-refractivity contribution in [3.63, 3.8) is 0 Å². The van der Waals surface area contributed by atoms with Gasteiger partial charge in [0.15, 0.2) is 12.4 Å².